The number of hydrogen-bond acceptors (Lipinski definition) is 4. The normalized spacial score (nSPS) is 12.3. The Morgan fingerprint density at radius 3 is 2.75 bits per heavy atom. The zero-order valence-corrected chi connectivity index (χ0v) is 11.6. The minimum absolute atomic E-state index is 0.260. The van der Waals surface area contributed by atoms with Crippen LogP contribution in [-0.2, 0) is 7.05 Å². The second kappa shape index (κ2) is 5.42. The highest BCUT2D eigenvalue weighted by molar-refractivity contribution is 7.13. The van der Waals surface area contributed by atoms with Gasteiger partial charge in [0, 0.05) is 36.6 Å². The smallest absolute Gasteiger partial charge is 0.183 e. The molecule has 0 amide bonds. The van der Waals surface area contributed by atoms with Crippen molar-refractivity contribution < 1.29 is 4.39 Å². The van der Waals surface area contributed by atoms with Gasteiger partial charge >= 0.3 is 0 Å². The third-order valence-corrected chi connectivity index (χ3v) is 3.74. The molecule has 1 atom stereocenters. The summed E-state index contributed by atoms with van der Waals surface area (Å²) in [6.45, 7) is 0. The number of benzene rings is 1. The molecule has 102 valence electrons. The third-order valence-electron chi connectivity index (χ3n) is 3.03. The van der Waals surface area contributed by atoms with E-state index in [4.69, 9.17) is 0 Å². The fourth-order valence-electron chi connectivity index (χ4n) is 2.06. The van der Waals surface area contributed by atoms with Crippen molar-refractivity contribution in [1.82, 2.24) is 14.5 Å². The molecule has 3 aromatic rings. The molecular formula is C14H13FN4S. The van der Waals surface area contributed by atoms with E-state index in [-0.39, 0.29) is 11.9 Å². The van der Waals surface area contributed by atoms with Crippen molar-refractivity contribution >= 4 is 16.5 Å². The minimum atomic E-state index is -0.373. The molecule has 20 heavy (non-hydrogen) atoms. The molecule has 0 bridgehead atoms. The Hall–Kier alpha value is -2.21. The predicted octanol–water partition coefficient (Wildman–Crippen LogP) is 3.22. The van der Waals surface area contributed by atoms with Gasteiger partial charge in [-0.05, 0) is 6.07 Å². The number of halogens is 1. The van der Waals surface area contributed by atoms with Gasteiger partial charge in [-0.1, -0.05) is 18.2 Å². The molecule has 0 saturated carbocycles. The summed E-state index contributed by atoms with van der Waals surface area (Å²) in [5, 5.41) is 5.85. The van der Waals surface area contributed by atoms with Crippen molar-refractivity contribution in [2.24, 2.45) is 7.05 Å². The van der Waals surface area contributed by atoms with Gasteiger partial charge < -0.3 is 9.88 Å². The summed E-state index contributed by atoms with van der Waals surface area (Å²) in [5.41, 5.74) is 0.553. The van der Waals surface area contributed by atoms with Crippen molar-refractivity contribution in [2.75, 3.05) is 5.32 Å². The van der Waals surface area contributed by atoms with Crippen LogP contribution >= 0.6 is 11.3 Å². The van der Waals surface area contributed by atoms with Crippen LogP contribution in [0.5, 0.6) is 0 Å². The first-order valence-electron chi connectivity index (χ1n) is 6.13. The minimum Gasteiger partial charge on any atom is -0.347 e. The molecule has 3 rings (SSSR count). The number of nitrogens with one attached hydrogen (secondary N) is 1. The Bertz CT molecular complexity index is 693. The quantitative estimate of drug-likeness (QED) is 0.801. The number of rotatable bonds is 4. The maximum Gasteiger partial charge on any atom is 0.183 e. The van der Waals surface area contributed by atoms with Crippen LogP contribution < -0.4 is 5.32 Å². The van der Waals surface area contributed by atoms with E-state index in [0.717, 1.165) is 11.0 Å². The third kappa shape index (κ3) is 2.42. The highest BCUT2D eigenvalue weighted by Gasteiger charge is 2.22. The molecule has 0 aliphatic rings. The van der Waals surface area contributed by atoms with Crippen molar-refractivity contribution in [2.45, 2.75) is 6.04 Å². The topological polar surface area (TPSA) is 42.7 Å². The fraction of sp³-hybridized carbons (Fsp3) is 0.143. The summed E-state index contributed by atoms with van der Waals surface area (Å²) < 4.78 is 16.0. The molecule has 6 heteroatoms. The molecular weight excluding hydrogens is 275 g/mol. The monoisotopic (exact) mass is 288 g/mol. The van der Waals surface area contributed by atoms with Gasteiger partial charge in [0.05, 0.1) is 0 Å². The number of aryl methyl sites for hydroxylation is 1. The Morgan fingerprint density at radius 2 is 2.10 bits per heavy atom. The average molecular weight is 288 g/mol. The van der Waals surface area contributed by atoms with Crippen molar-refractivity contribution in [1.29, 1.82) is 0 Å². The first-order chi connectivity index (χ1) is 9.75. The Morgan fingerprint density at radius 1 is 1.25 bits per heavy atom. The SMILES string of the molecule is Cn1ccnc1C(Nc1nccs1)c1ccccc1F. The van der Waals surface area contributed by atoms with Gasteiger partial charge in [0.1, 0.15) is 17.7 Å². The van der Waals surface area contributed by atoms with Crippen molar-refractivity contribution in [3.05, 3.63) is 65.4 Å². The summed E-state index contributed by atoms with van der Waals surface area (Å²) in [5.74, 6) is 0.481. The molecule has 1 N–H and O–H groups in total. The molecule has 2 heterocycles. The molecule has 0 fully saturated rings. The number of thiazole rings is 1. The van der Waals surface area contributed by atoms with E-state index >= 15 is 0 Å². The summed E-state index contributed by atoms with van der Waals surface area (Å²) in [6, 6.07) is 6.34. The van der Waals surface area contributed by atoms with Crippen LogP contribution in [0.25, 0.3) is 0 Å². The molecule has 4 nitrogen and oxygen atoms in total. The van der Waals surface area contributed by atoms with Gasteiger partial charge in [0.25, 0.3) is 0 Å². The summed E-state index contributed by atoms with van der Waals surface area (Å²) >= 11 is 1.47. The number of anilines is 1. The van der Waals surface area contributed by atoms with Gasteiger partial charge in [0.15, 0.2) is 5.13 Å². The van der Waals surface area contributed by atoms with E-state index in [1.165, 1.54) is 17.4 Å². The lowest BCUT2D eigenvalue weighted by atomic mass is 10.1. The predicted molar refractivity (Wildman–Crippen MR) is 77.2 cm³/mol. The summed E-state index contributed by atoms with van der Waals surface area (Å²) in [6.07, 6.45) is 5.25. The van der Waals surface area contributed by atoms with E-state index in [1.807, 2.05) is 29.3 Å². The van der Waals surface area contributed by atoms with E-state index in [9.17, 15) is 4.39 Å². The van der Waals surface area contributed by atoms with Gasteiger partial charge in [-0.25, -0.2) is 14.4 Å². The van der Waals surface area contributed by atoms with Gasteiger partial charge in [-0.3, -0.25) is 0 Å². The highest BCUT2D eigenvalue weighted by Crippen LogP contribution is 2.28. The van der Waals surface area contributed by atoms with Gasteiger partial charge in [-0.15, -0.1) is 11.3 Å². The second-order valence-corrected chi connectivity index (χ2v) is 5.23. The number of imidazole rings is 1. The molecule has 0 aliphatic heterocycles. The van der Waals surface area contributed by atoms with Crippen molar-refractivity contribution in [3.8, 4) is 0 Å². The van der Waals surface area contributed by atoms with E-state index < -0.39 is 0 Å². The number of hydrogen-bond donors (Lipinski definition) is 1. The zero-order chi connectivity index (χ0) is 13.9. The zero-order valence-electron chi connectivity index (χ0n) is 10.8. The highest BCUT2D eigenvalue weighted by atomic mass is 32.1. The summed E-state index contributed by atoms with van der Waals surface area (Å²) in [4.78, 5) is 8.52. The molecule has 0 aliphatic carbocycles. The van der Waals surface area contributed by atoms with E-state index in [1.54, 1.807) is 24.5 Å². The summed E-state index contributed by atoms with van der Waals surface area (Å²) in [7, 11) is 1.89. The van der Waals surface area contributed by atoms with Gasteiger partial charge in [0.2, 0.25) is 0 Å². The second-order valence-electron chi connectivity index (χ2n) is 4.33. The average Bonchev–Trinajstić information content (AvgIpc) is 3.08. The van der Waals surface area contributed by atoms with Gasteiger partial charge in [-0.2, -0.15) is 0 Å². The van der Waals surface area contributed by atoms with Crippen LogP contribution in [-0.4, -0.2) is 14.5 Å². The maximum absolute atomic E-state index is 14.1. The lowest BCUT2D eigenvalue weighted by molar-refractivity contribution is 0.596. The lowest BCUT2D eigenvalue weighted by Crippen LogP contribution is -2.17. The van der Waals surface area contributed by atoms with Crippen LogP contribution in [0.3, 0.4) is 0 Å². The molecule has 1 aromatic carbocycles. The largest absolute Gasteiger partial charge is 0.347 e. The van der Waals surface area contributed by atoms with Crippen LogP contribution in [0, 0.1) is 5.82 Å². The molecule has 2 aromatic heterocycles. The molecule has 0 radical (unpaired) electrons. The number of nitrogens with zero attached hydrogens (tertiary/aromatic N) is 3. The first-order valence-corrected chi connectivity index (χ1v) is 7.01. The lowest BCUT2D eigenvalue weighted by Gasteiger charge is -2.19. The first kappa shape index (κ1) is 12.8. The molecule has 0 spiro atoms. The van der Waals surface area contributed by atoms with Crippen LogP contribution in [0.2, 0.25) is 0 Å². The molecule has 1 unspecified atom stereocenters. The standard InChI is InChI=1S/C14H13FN4S/c1-19-8-6-16-13(19)12(18-14-17-7-9-20-14)10-4-2-3-5-11(10)15/h2-9,12H,1H3,(H,17,18). The Labute approximate surface area is 119 Å². The molecule has 0 saturated heterocycles. The fourth-order valence-corrected chi connectivity index (χ4v) is 2.62. The van der Waals surface area contributed by atoms with Crippen LogP contribution in [0.1, 0.15) is 17.4 Å². The maximum atomic E-state index is 14.1. The number of aromatic nitrogens is 3. The Balaban J connectivity index is 2.04. The van der Waals surface area contributed by atoms with E-state index in [0.29, 0.717) is 5.56 Å². The van der Waals surface area contributed by atoms with E-state index in [2.05, 4.69) is 15.3 Å². The van der Waals surface area contributed by atoms with Crippen molar-refractivity contribution in [3.63, 3.8) is 0 Å². The van der Waals surface area contributed by atoms with Crippen LogP contribution in [0.4, 0.5) is 9.52 Å². The van der Waals surface area contributed by atoms with Crippen LogP contribution in [0.15, 0.2) is 48.2 Å². The Kier molecular flexibility index (Phi) is 3.47.